The molecular weight excluding hydrogens is 266 g/mol. The summed E-state index contributed by atoms with van der Waals surface area (Å²) in [6.07, 6.45) is 4.87. The van der Waals surface area contributed by atoms with Gasteiger partial charge in [-0.05, 0) is 18.8 Å². The predicted molar refractivity (Wildman–Crippen MR) is 71.3 cm³/mol. The number of nitrogens with one attached hydrogen (secondary N) is 2. The molecule has 104 valence electrons. The highest BCUT2D eigenvalue weighted by molar-refractivity contribution is 7.09. The Kier molecular flexibility index (Phi) is 4.73. The summed E-state index contributed by atoms with van der Waals surface area (Å²) in [6.45, 7) is 0.937. The molecule has 19 heavy (non-hydrogen) atoms. The third kappa shape index (κ3) is 4.86. The molecule has 1 saturated carbocycles. The van der Waals surface area contributed by atoms with E-state index in [1.54, 1.807) is 0 Å². The first-order valence-corrected chi connectivity index (χ1v) is 7.22. The van der Waals surface area contributed by atoms with E-state index >= 15 is 0 Å². The van der Waals surface area contributed by atoms with E-state index in [2.05, 4.69) is 15.6 Å². The van der Waals surface area contributed by atoms with Crippen LogP contribution in [0, 0.1) is 5.92 Å². The molecule has 2 amide bonds. The number of nitrogens with zero attached hydrogens (tertiary/aromatic N) is 1. The molecule has 1 aromatic heterocycles. The first-order chi connectivity index (χ1) is 9.15. The van der Waals surface area contributed by atoms with Crippen molar-refractivity contribution in [2.75, 3.05) is 6.54 Å². The van der Waals surface area contributed by atoms with Crippen molar-refractivity contribution in [3.63, 3.8) is 0 Å². The molecule has 0 aliphatic heterocycles. The largest absolute Gasteiger partial charge is 0.476 e. The van der Waals surface area contributed by atoms with Gasteiger partial charge in [0.25, 0.3) is 0 Å². The minimum absolute atomic E-state index is 0.0200. The lowest BCUT2D eigenvalue weighted by molar-refractivity contribution is 0.0691. The van der Waals surface area contributed by atoms with Crippen LogP contribution in [0.25, 0.3) is 0 Å². The molecular formula is C12H17N3O3S. The Hall–Kier alpha value is -1.63. The Morgan fingerprint density at radius 3 is 2.84 bits per heavy atom. The van der Waals surface area contributed by atoms with Crippen molar-refractivity contribution in [2.45, 2.75) is 32.2 Å². The summed E-state index contributed by atoms with van der Waals surface area (Å²) in [5, 5.41) is 16.2. The number of aromatic nitrogens is 1. The number of aromatic carboxylic acids is 1. The second-order valence-corrected chi connectivity index (χ2v) is 5.57. The number of carboxylic acids is 1. The summed E-state index contributed by atoms with van der Waals surface area (Å²) in [5.74, 6) is -0.165. The zero-order chi connectivity index (χ0) is 13.7. The molecule has 0 aromatic carbocycles. The quantitative estimate of drug-likeness (QED) is 0.666. The Balaban J connectivity index is 1.60. The van der Waals surface area contributed by atoms with Crippen LogP contribution in [0.2, 0.25) is 0 Å². The minimum atomic E-state index is -1.05. The molecule has 1 aliphatic rings. The Labute approximate surface area is 115 Å². The second-order valence-electron chi connectivity index (χ2n) is 4.63. The zero-order valence-corrected chi connectivity index (χ0v) is 11.3. The molecule has 1 fully saturated rings. The van der Waals surface area contributed by atoms with Gasteiger partial charge in [-0.25, -0.2) is 14.6 Å². The fourth-order valence-corrected chi connectivity index (χ4v) is 2.42. The van der Waals surface area contributed by atoms with Gasteiger partial charge in [0.05, 0.1) is 6.54 Å². The average molecular weight is 283 g/mol. The highest BCUT2D eigenvalue weighted by atomic mass is 32.1. The molecule has 1 aromatic rings. The van der Waals surface area contributed by atoms with Crippen LogP contribution in [-0.2, 0) is 6.54 Å². The first kappa shape index (κ1) is 13.8. The van der Waals surface area contributed by atoms with Crippen LogP contribution in [0.5, 0.6) is 0 Å². The lowest BCUT2D eigenvalue weighted by atomic mass is 10.2. The van der Waals surface area contributed by atoms with Gasteiger partial charge in [-0.3, -0.25) is 0 Å². The van der Waals surface area contributed by atoms with E-state index in [4.69, 9.17) is 5.11 Å². The lowest BCUT2D eigenvalue weighted by Crippen LogP contribution is -2.35. The maximum atomic E-state index is 11.5. The highest BCUT2D eigenvalue weighted by Gasteiger charge is 2.20. The molecule has 0 bridgehead atoms. The monoisotopic (exact) mass is 283 g/mol. The van der Waals surface area contributed by atoms with Crippen LogP contribution < -0.4 is 10.6 Å². The molecule has 0 spiro atoms. The van der Waals surface area contributed by atoms with Gasteiger partial charge >= 0.3 is 12.0 Å². The Morgan fingerprint density at radius 2 is 2.21 bits per heavy atom. The fraction of sp³-hybridized carbons (Fsp3) is 0.583. The number of amides is 2. The van der Waals surface area contributed by atoms with Crippen molar-refractivity contribution in [3.05, 3.63) is 16.1 Å². The summed E-state index contributed by atoms with van der Waals surface area (Å²) in [4.78, 5) is 26.0. The van der Waals surface area contributed by atoms with E-state index in [0.29, 0.717) is 11.6 Å². The standard InChI is InChI=1S/C12H17N3O3S/c16-11(17)9-7-19-10(15-9)6-14-12(18)13-5-1-2-8-3-4-8/h7-8H,1-6H2,(H,16,17)(H2,13,14,18). The third-order valence-electron chi connectivity index (χ3n) is 2.94. The van der Waals surface area contributed by atoms with Crippen LogP contribution >= 0.6 is 11.3 Å². The van der Waals surface area contributed by atoms with Gasteiger partial charge in [-0.15, -0.1) is 11.3 Å². The third-order valence-corrected chi connectivity index (χ3v) is 3.79. The predicted octanol–water partition coefficient (Wildman–Crippen LogP) is 1.83. The van der Waals surface area contributed by atoms with Gasteiger partial charge in [-0.2, -0.15) is 0 Å². The van der Waals surface area contributed by atoms with Crippen molar-refractivity contribution in [1.29, 1.82) is 0 Å². The summed E-state index contributed by atoms with van der Waals surface area (Å²) < 4.78 is 0. The SMILES string of the molecule is O=C(NCCCC1CC1)NCc1nc(C(=O)O)cs1. The van der Waals surface area contributed by atoms with Gasteiger partial charge in [0.2, 0.25) is 0 Å². The summed E-state index contributed by atoms with van der Waals surface area (Å²) in [5.41, 5.74) is 0.0200. The van der Waals surface area contributed by atoms with Crippen molar-refractivity contribution in [1.82, 2.24) is 15.6 Å². The van der Waals surface area contributed by atoms with Crippen LogP contribution in [-0.4, -0.2) is 28.6 Å². The molecule has 0 atom stereocenters. The number of carbonyl (C=O) groups is 2. The fourth-order valence-electron chi connectivity index (χ4n) is 1.71. The van der Waals surface area contributed by atoms with E-state index < -0.39 is 5.97 Å². The number of rotatable bonds is 7. The second kappa shape index (κ2) is 6.51. The Bertz CT molecular complexity index is 457. The van der Waals surface area contributed by atoms with Crippen LogP contribution in [0.3, 0.4) is 0 Å². The molecule has 2 rings (SSSR count). The molecule has 0 radical (unpaired) electrons. The van der Waals surface area contributed by atoms with E-state index in [9.17, 15) is 9.59 Å². The van der Waals surface area contributed by atoms with Gasteiger partial charge in [-0.1, -0.05) is 12.8 Å². The van der Waals surface area contributed by atoms with Crippen molar-refractivity contribution < 1.29 is 14.7 Å². The number of urea groups is 1. The summed E-state index contributed by atoms with van der Waals surface area (Å²) in [6, 6.07) is -0.233. The van der Waals surface area contributed by atoms with E-state index in [-0.39, 0.29) is 18.3 Å². The van der Waals surface area contributed by atoms with E-state index in [0.717, 1.165) is 12.3 Å². The number of carboxylic acid groups (broad SMARTS) is 1. The Morgan fingerprint density at radius 1 is 1.42 bits per heavy atom. The van der Waals surface area contributed by atoms with Gasteiger partial charge in [0.1, 0.15) is 5.01 Å². The van der Waals surface area contributed by atoms with Crippen molar-refractivity contribution in [3.8, 4) is 0 Å². The molecule has 3 N–H and O–H groups in total. The maximum absolute atomic E-state index is 11.5. The van der Waals surface area contributed by atoms with Gasteiger partial charge in [0.15, 0.2) is 5.69 Å². The summed E-state index contributed by atoms with van der Waals surface area (Å²) in [7, 11) is 0. The van der Waals surface area contributed by atoms with Gasteiger partial charge in [0, 0.05) is 11.9 Å². The van der Waals surface area contributed by atoms with E-state index in [1.165, 1.54) is 36.0 Å². The molecule has 0 saturated heterocycles. The van der Waals surface area contributed by atoms with E-state index in [1.807, 2.05) is 0 Å². The van der Waals surface area contributed by atoms with Crippen molar-refractivity contribution in [2.24, 2.45) is 5.92 Å². The van der Waals surface area contributed by atoms with Crippen LogP contribution in [0.15, 0.2) is 5.38 Å². The number of thiazole rings is 1. The lowest BCUT2D eigenvalue weighted by Gasteiger charge is -2.05. The zero-order valence-electron chi connectivity index (χ0n) is 10.5. The average Bonchev–Trinajstić information content (AvgIpc) is 3.07. The normalized spacial score (nSPS) is 14.1. The molecule has 0 unspecified atom stereocenters. The number of carbonyl (C=O) groups excluding carboxylic acids is 1. The minimum Gasteiger partial charge on any atom is -0.476 e. The molecule has 6 nitrogen and oxygen atoms in total. The molecule has 7 heteroatoms. The van der Waals surface area contributed by atoms with Gasteiger partial charge < -0.3 is 15.7 Å². The van der Waals surface area contributed by atoms with Crippen LogP contribution in [0.4, 0.5) is 4.79 Å². The number of hydrogen-bond donors (Lipinski definition) is 3. The van der Waals surface area contributed by atoms with Crippen LogP contribution in [0.1, 0.15) is 41.2 Å². The smallest absolute Gasteiger partial charge is 0.355 e. The molecule has 1 heterocycles. The first-order valence-electron chi connectivity index (χ1n) is 6.34. The summed E-state index contributed by atoms with van der Waals surface area (Å²) >= 11 is 1.23. The van der Waals surface area contributed by atoms with Crippen molar-refractivity contribution >= 4 is 23.3 Å². The number of hydrogen-bond acceptors (Lipinski definition) is 4. The molecule has 1 aliphatic carbocycles. The maximum Gasteiger partial charge on any atom is 0.355 e. The topological polar surface area (TPSA) is 91.3 Å². The highest BCUT2D eigenvalue weighted by Crippen LogP contribution is 2.33.